The second-order valence-corrected chi connectivity index (χ2v) is 5.52. The van der Waals surface area contributed by atoms with Gasteiger partial charge in [-0.2, -0.15) is 0 Å². The molecule has 0 spiro atoms. The van der Waals surface area contributed by atoms with Crippen molar-refractivity contribution in [1.29, 1.82) is 0 Å². The summed E-state index contributed by atoms with van der Waals surface area (Å²) in [4.78, 5) is 24.5. The van der Waals surface area contributed by atoms with Crippen LogP contribution in [0.2, 0.25) is 0 Å². The number of amides is 2. The fraction of sp³-hybridized carbons (Fsp3) is 0.100. The first-order valence-electron chi connectivity index (χ1n) is 8.15. The van der Waals surface area contributed by atoms with E-state index >= 15 is 0 Å². The summed E-state index contributed by atoms with van der Waals surface area (Å²) >= 11 is 0. The number of fused-ring (bicyclic) bond motifs is 1. The maximum atomic E-state index is 12.3. The normalized spacial score (nSPS) is 10.3. The van der Waals surface area contributed by atoms with Crippen LogP contribution in [0.4, 0.5) is 11.4 Å². The van der Waals surface area contributed by atoms with Crippen molar-refractivity contribution in [2.75, 3.05) is 17.2 Å². The highest BCUT2D eigenvalue weighted by Gasteiger charge is 2.17. The Morgan fingerprint density at radius 3 is 2.23 bits per heavy atom. The summed E-state index contributed by atoms with van der Waals surface area (Å²) in [6, 6.07) is 17.0. The van der Waals surface area contributed by atoms with Crippen LogP contribution in [-0.2, 0) is 9.59 Å². The Balaban J connectivity index is 1.79. The number of nitrogens with one attached hydrogen (secondary N) is 2. The van der Waals surface area contributed by atoms with Gasteiger partial charge in [-0.25, -0.2) is 0 Å². The molecule has 6 nitrogen and oxygen atoms in total. The predicted molar refractivity (Wildman–Crippen MR) is 100 cm³/mol. The molecule has 0 fully saturated rings. The van der Waals surface area contributed by atoms with Crippen molar-refractivity contribution in [3.8, 4) is 11.5 Å². The van der Waals surface area contributed by atoms with Gasteiger partial charge in [-0.3, -0.25) is 9.59 Å². The molecule has 0 bridgehead atoms. The highest BCUT2D eigenvalue weighted by Crippen LogP contribution is 2.30. The lowest BCUT2D eigenvalue weighted by Crippen LogP contribution is -2.29. The molecule has 0 heterocycles. The standard InChI is InChI=1S/C20H18N2O4/c1-2-26-18-12-4-3-9-16(18)22-20(25)19(24)21-15-10-5-8-14-13(15)7-6-11-17(14)23/h3-12,23H,2H2,1H3,(H,21,24)(H,22,25). The van der Waals surface area contributed by atoms with E-state index in [2.05, 4.69) is 10.6 Å². The fourth-order valence-corrected chi connectivity index (χ4v) is 2.61. The number of aromatic hydroxyl groups is 1. The van der Waals surface area contributed by atoms with E-state index in [1.807, 2.05) is 6.92 Å². The monoisotopic (exact) mass is 350 g/mol. The average Bonchev–Trinajstić information content (AvgIpc) is 2.64. The number of benzene rings is 3. The molecule has 0 aliphatic carbocycles. The van der Waals surface area contributed by atoms with Gasteiger partial charge in [0.25, 0.3) is 0 Å². The Bertz CT molecular complexity index is 969. The molecule has 6 heteroatoms. The number of ether oxygens (including phenoxy) is 1. The van der Waals surface area contributed by atoms with Gasteiger partial charge in [0.1, 0.15) is 11.5 Å². The van der Waals surface area contributed by atoms with E-state index in [4.69, 9.17) is 4.74 Å². The molecule has 3 aromatic carbocycles. The zero-order chi connectivity index (χ0) is 18.5. The molecule has 2 amide bonds. The molecule has 26 heavy (non-hydrogen) atoms. The van der Waals surface area contributed by atoms with Crippen molar-refractivity contribution in [3.63, 3.8) is 0 Å². The maximum absolute atomic E-state index is 12.3. The lowest BCUT2D eigenvalue weighted by atomic mass is 10.1. The Labute approximate surface area is 150 Å². The minimum absolute atomic E-state index is 0.105. The molecule has 3 N–H and O–H groups in total. The van der Waals surface area contributed by atoms with Crippen LogP contribution in [0.3, 0.4) is 0 Å². The third-order valence-corrected chi connectivity index (χ3v) is 3.79. The first kappa shape index (κ1) is 17.3. The summed E-state index contributed by atoms with van der Waals surface area (Å²) in [6.07, 6.45) is 0. The number of hydrogen-bond donors (Lipinski definition) is 3. The molecular formula is C20H18N2O4. The Morgan fingerprint density at radius 2 is 1.46 bits per heavy atom. The van der Waals surface area contributed by atoms with E-state index in [1.165, 1.54) is 0 Å². The number of carbonyl (C=O) groups excluding carboxylic acids is 2. The number of carbonyl (C=O) groups is 2. The van der Waals surface area contributed by atoms with Gasteiger partial charge >= 0.3 is 11.8 Å². The summed E-state index contributed by atoms with van der Waals surface area (Å²) in [5.74, 6) is -1.03. The lowest BCUT2D eigenvalue weighted by Gasteiger charge is -2.12. The average molecular weight is 350 g/mol. The fourth-order valence-electron chi connectivity index (χ4n) is 2.61. The van der Waals surface area contributed by atoms with E-state index in [9.17, 15) is 14.7 Å². The molecule has 0 radical (unpaired) electrons. The van der Waals surface area contributed by atoms with Crippen LogP contribution >= 0.6 is 0 Å². The first-order valence-corrected chi connectivity index (χ1v) is 8.15. The lowest BCUT2D eigenvalue weighted by molar-refractivity contribution is -0.132. The number of para-hydroxylation sites is 2. The number of hydrogen-bond acceptors (Lipinski definition) is 4. The van der Waals surface area contributed by atoms with Crippen LogP contribution < -0.4 is 15.4 Å². The highest BCUT2D eigenvalue weighted by molar-refractivity contribution is 6.44. The third-order valence-electron chi connectivity index (χ3n) is 3.79. The van der Waals surface area contributed by atoms with E-state index < -0.39 is 11.8 Å². The molecule has 0 aromatic heterocycles. The van der Waals surface area contributed by atoms with Crippen LogP contribution in [0.1, 0.15) is 6.92 Å². The molecule has 3 aromatic rings. The number of rotatable bonds is 4. The number of phenolic OH excluding ortho intramolecular Hbond substituents is 1. The van der Waals surface area contributed by atoms with Gasteiger partial charge in [0, 0.05) is 16.5 Å². The second-order valence-electron chi connectivity index (χ2n) is 5.52. The summed E-state index contributed by atoms with van der Waals surface area (Å²) in [7, 11) is 0. The third kappa shape index (κ3) is 3.59. The number of phenols is 1. The van der Waals surface area contributed by atoms with Crippen LogP contribution in [0, 0.1) is 0 Å². The van der Waals surface area contributed by atoms with Gasteiger partial charge < -0.3 is 20.5 Å². The zero-order valence-corrected chi connectivity index (χ0v) is 14.2. The van der Waals surface area contributed by atoms with Gasteiger partial charge in [-0.05, 0) is 31.2 Å². The zero-order valence-electron chi connectivity index (χ0n) is 14.2. The minimum atomic E-state index is -0.813. The Kier molecular flexibility index (Phi) is 5.03. The predicted octanol–water partition coefficient (Wildman–Crippen LogP) is 3.52. The summed E-state index contributed by atoms with van der Waals surface area (Å²) in [6.45, 7) is 2.28. The van der Waals surface area contributed by atoms with Crippen LogP contribution in [0.5, 0.6) is 11.5 Å². The van der Waals surface area contributed by atoms with E-state index in [-0.39, 0.29) is 5.75 Å². The minimum Gasteiger partial charge on any atom is -0.507 e. The van der Waals surface area contributed by atoms with Crippen molar-refractivity contribution < 1.29 is 19.4 Å². The second kappa shape index (κ2) is 7.57. The van der Waals surface area contributed by atoms with Crippen molar-refractivity contribution in [2.45, 2.75) is 6.92 Å². The van der Waals surface area contributed by atoms with Crippen molar-refractivity contribution in [1.82, 2.24) is 0 Å². The van der Waals surface area contributed by atoms with Crippen LogP contribution in [0.25, 0.3) is 10.8 Å². The quantitative estimate of drug-likeness (QED) is 0.628. The van der Waals surface area contributed by atoms with E-state index in [0.717, 1.165) is 0 Å². The summed E-state index contributed by atoms with van der Waals surface area (Å²) in [5.41, 5.74) is 0.863. The molecule has 132 valence electrons. The first-order chi connectivity index (χ1) is 12.6. The molecular weight excluding hydrogens is 332 g/mol. The molecule has 0 atom stereocenters. The van der Waals surface area contributed by atoms with Gasteiger partial charge in [-0.1, -0.05) is 36.4 Å². The summed E-state index contributed by atoms with van der Waals surface area (Å²) < 4.78 is 5.43. The van der Waals surface area contributed by atoms with Crippen LogP contribution in [-0.4, -0.2) is 23.5 Å². The van der Waals surface area contributed by atoms with E-state index in [1.54, 1.807) is 60.7 Å². The van der Waals surface area contributed by atoms with Crippen molar-refractivity contribution >= 4 is 34.0 Å². The largest absolute Gasteiger partial charge is 0.507 e. The smallest absolute Gasteiger partial charge is 0.314 e. The molecule has 0 aliphatic heterocycles. The van der Waals surface area contributed by atoms with Gasteiger partial charge in [0.15, 0.2) is 0 Å². The number of anilines is 2. The van der Waals surface area contributed by atoms with Gasteiger partial charge in [0.2, 0.25) is 0 Å². The molecule has 0 saturated heterocycles. The van der Waals surface area contributed by atoms with Gasteiger partial charge in [0.05, 0.1) is 12.3 Å². The molecule has 0 unspecified atom stereocenters. The van der Waals surface area contributed by atoms with Crippen molar-refractivity contribution in [3.05, 3.63) is 60.7 Å². The molecule has 3 rings (SSSR count). The Morgan fingerprint density at radius 1 is 0.846 bits per heavy atom. The van der Waals surface area contributed by atoms with Crippen LogP contribution in [0.15, 0.2) is 60.7 Å². The highest BCUT2D eigenvalue weighted by atomic mass is 16.5. The topological polar surface area (TPSA) is 87.7 Å². The summed E-state index contributed by atoms with van der Waals surface area (Å²) in [5, 5.41) is 16.3. The molecule has 0 saturated carbocycles. The Hall–Kier alpha value is -3.54. The molecule has 0 aliphatic rings. The van der Waals surface area contributed by atoms with E-state index in [0.29, 0.717) is 34.5 Å². The van der Waals surface area contributed by atoms with Gasteiger partial charge in [-0.15, -0.1) is 0 Å². The SMILES string of the molecule is CCOc1ccccc1NC(=O)C(=O)Nc1cccc2c(O)cccc12. The van der Waals surface area contributed by atoms with Crippen molar-refractivity contribution in [2.24, 2.45) is 0 Å². The maximum Gasteiger partial charge on any atom is 0.314 e.